The molecule has 5 nitrogen and oxygen atoms in total. The summed E-state index contributed by atoms with van der Waals surface area (Å²) in [6.07, 6.45) is 2.22. The highest BCUT2D eigenvalue weighted by Crippen LogP contribution is 2.30. The summed E-state index contributed by atoms with van der Waals surface area (Å²) in [5.41, 5.74) is 1.67. The molecule has 2 heterocycles. The van der Waals surface area contributed by atoms with Gasteiger partial charge in [0.1, 0.15) is 18.1 Å². The van der Waals surface area contributed by atoms with Crippen LogP contribution in [-0.2, 0) is 4.74 Å². The molecule has 1 atom stereocenters. The number of carbonyl (C=O) groups is 1. The topological polar surface area (TPSA) is 63.4 Å². The van der Waals surface area contributed by atoms with Gasteiger partial charge in [0.15, 0.2) is 0 Å². The molecule has 140 valence electrons. The minimum Gasteiger partial charge on any atom is -0.491 e. The summed E-state index contributed by atoms with van der Waals surface area (Å²) < 4.78 is 11.3. The number of aromatic amines is 1. The van der Waals surface area contributed by atoms with E-state index in [0.29, 0.717) is 39.2 Å². The number of amides is 1. The maximum absolute atomic E-state index is 12.6. The van der Waals surface area contributed by atoms with E-state index in [1.807, 2.05) is 12.1 Å². The van der Waals surface area contributed by atoms with Crippen molar-refractivity contribution < 1.29 is 14.3 Å². The van der Waals surface area contributed by atoms with E-state index in [0.717, 1.165) is 25.0 Å². The van der Waals surface area contributed by atoms with Crippen molar-refractivity contribution in [2.75, 3.05) is 18.5 Å². The summed E-state index contributed by atoms with van der Waals surface area (Å²) in [6, 6.07) is 12.5. The Balaban J connectivity index is 1.48. The van der Waals surface area contributed by atoms with Crippen LogP contribution in [0.25, 0.3) is 10.9 Å². The molecule has 0 bridgehead atoms. The Morgan fingerprint density at radius 2 is 2.15 bits per heavy atom. The van der Waals surface area contributed by atoms with Crippen LogP contribution in [0.2, 0.25) is 10.0 Å². The third-order valence-corrected chi connectivity index (χ3v) is 5.10. The second-order valence-corrected chi connectivity index (χ2v) is 7.25. The third-order valence-electron chi connectivity index (χ3n) is 4.48. The summed E-state index contributed by atoms with van der Waals surface area (Å²) in [4.78, 5) is 15.7. The average molecular weight is 405 g/mol. The maximum atomic E-state index is 12.6. The van der Waals surface area contributed by atoms with Crippen LogP contribution in [0.1, 0.15) is 23.3 Å². The van der Waals surface area contributed by atoms with Crippen molar-refractivity contribution in [1.29, 1.82) is 0 Å². The summed E-state index contributed by atoms with van der Waals surface area (Å²) in [5.74, 6) is 0.349. The number of H-pyrrole nitrogens is 1. The number of fused-ring (bicyclic) bond motifs is 1. The lowest BCUT2D eigenvalue weighted by atomic mass is 10.2. The first-order valence-corrected chi connectivity index (χ1v) is 9.48. The van der Waals surface area contributed by atoms with Crippen molar-refractivity contribution in [3.05, 3.63) is 58.2 Å². The molecule has 0 spiro atoms. The number of carbonyl (C=O) groups excluding carboxylic acids is 1. The van der Waals surface area contributed by atoms with E-state index in [2.05, 4.69) is 10.3 Å². The third kappa shape index (κ3) is 4.05. The Labute approximate surface area is 166 Å². The monoisotopic (exact) mass is 404 g/mol. The lowest BCUT2D eigenvalue weighted by Gasteiger charge is -2.12. The molecular weight excluding hydrogens is 387 g/mol. The van der Waals surface area contributed by atoms with Gasteiger partial charge >= 0.3 is 0 Å². The molecule has 1 aromatic heterocycles. The van der Waals surface area contributed by atoms with Crippen molar-refractivity contribution in [1.82, 2.24) is 4.98 Å². The summed E-state index contributed by atoms with van der Waals surface area (Å²) in [7, 11) is 0. The van der Waals surface area contributed by atoms with Crippen LogP contribution in [0.15, 0.2) is 42.5 Å². The van der Waals surface area contributed by atoms with Crippen molar-refractivity contribution in [3.63, 3.8) is 0 Å². The van der Waals surface area contributed by atoms with Gasteiger partial charge in [0, 0.05) is 34.3 Å². The Kier molecular flexibility index (Phi) is 5.25. The van der Waals surface area contributed by atoms with E-state index in [4.69, 9.17) is 32.7 Å². The van der Waals surface area contributed by atoms with Crippen LogP contribution in [0.5, 0.6) is 5.75 Å². The molecule has 1 aliphatic rings. The molecule has 27 heavy (non-hydrogen) atoms. The van der Waals surface area contributed by atoms with E-state index >= 15 is 0 Å². The highest BCUT2D eigenvalue weighted by molar-refractivity contribution is 6.40. The minimum absolute atomic E-state index is 0.139. The molecule has 7 heteroatoms. The minimum atomic E-state index is -0.330. The van der Waals surface area contributed by atoms with Gasteiger partial charge in [-0.25, -0.2) is 0 Å². The van der Waals surface area contributed by atoms with Gasteiger partial charge < -0.3 is 19.8 Å². The molecule has 0 saturated carbocycles. The van der Waals surface area contributed by atoms with Crippen LogP contribution in [0.4, 0.5) is 5.69 Å². The molecule has 0 radical (unpaired) electrons. The number of hydrogen-bond acceptors (Lipinski definition) is 3. The molecule has 1 unspecified atom stereocenters. The number of rotatable bonds is 5. The second kappa shape index (κ2) is 7.80. The predicted molar refractivity (Wildman–Crippen MR) is 107 cm³/mol. The smallest absolute Gasteiger partial charge is 0.273 e. The zero-order chi connectivity index (χ0) is 18.8. The Morgan fingerprint density at radius 1 is 1.26 bits per heavy atom. The summed E-state index contributed by atoms with van der Waals surface area (Å²) >= 11 is 12.4. The Morgan fingerprint density at radius 3 is 2.96 bits per heavy atom. The standard InChI is InChI=1S/C20H18Cl2N2O3/c21-12-6-7-17-16(9-12)18(22)19(24-17)20(25)23-13-3-1-4-14(10-13)27-11-15-5-2-8-26-15/h1,3-4,6-7,9-10,15,24H,2,5,8,11H2,(H,23,25). The van der Waals surface area contributed by atoms with Gasteiger partial charge in [0.05, 0.1) is 11.1 Å². The van der Waals surface area contributed by atoms with E-state index in [9.17, 15) is 4.79 Å². The Hall–Kier alpha value is -2.21. The van der Waals surface area contributed by atoms with Gasteiger partial charge in [-0.15, -0.1) is 0 Å². The largest absolute Gasteiger partial charge is 0.491 e. The lowest BCUT2D eigenvalue weighted by molar-refractivity contribution is 0.0680. The molecular formula is C20H18Cl2N2O3. The number of aromatic nitrogens is 1. The molecule has 1 aliphatic heterocycles. The highest BCUT2D eigenvalue weighted by Gasteiger charge is 2.18. The molecule has 4 rings (SSSR count). The fourth-order valence-electron chi connectivity index (χ4n) is 3.11. The summed E-state index contributed by atoms with van der Waals surface area (Å²) in [5, 5.41) is 4.46. The first-order valence-electron chi connectivity index (χ1n) is 8.73. The van der Waals surface area contributed by atoms with E-state index in [-0.39, 0.29) is 12.0 Å². The second-order valence-electron chi connectivity index (χ2n) is 6.43. The van der Waals surface area contributed by atoms with Gasteiger partial charge in [-0.2, -0.15) is 0 Å². The molecule has 2 N–H and O–H groups in total. The molecule has 3 aromatic rings. The lowest BCUT2D eigenvalue weighted by Crippen LogP contribution is -2.16. The van der Waals surface area contributed by atoms with E-state index < -0.39 is 0 Å². The van der Waals surface area contributed by atoms with Crippen LogP contribution in [0, 0.1) is 0 Å². The normalized spacial score (nSPS) is 16.6. The number of anilines is 1. The first-order chi connectivity index (χ1) is 13.1. The van der Waals surface area contributed by atoms with E-state index in [1.165, 1.54) is 0 Å². The van der Waals surface area contributed by atoms with Crippen molar-refractivity contribution in [3.8, 4) is 5.75 Å². The summed E-state index contributed by atoms with van der Waals surface area (Å²) in [6.45, 7) is 1.30. The van der Waals surface area contributed by atoms with Crippen LogP contribution in [0.3, 0.4) is 0 Å². The van der Waals surface area contributed by atoms with E-state index in [1.54, 1.807) is 30.3 Å². The van der Waals surface area contributed by atoms with Gasteiger partial charge in [-0.1, -0.05) is 29.3 Å². The molecule has 1 amide bonds. The number of ether oxygens (including phenoxy) is 2. The molecule has 2 aromatic carbocycles. The maximum Gasteiger partial charge on any atom is 0.273 e. The SMILES string of the molecule is O=C(Nc1cccc(OCC2CCCO2)c1)c1[nH]c2ccc(Cl)cc2c1Cl. The van der Waals surface area contributed by atoms with Crippen molar-refractivity contribution in [2.45, 2.75) is 18.9 Å². The Bertz CT molecular complexity index is 981. The zero-order valence-electron chi connectivity index (χ0n) is 14.4. The van der Waals surface area contributed by atoms with Gasteiger partial charge in [0.25, 0.3) is 5.91 Å². The van der Waals surface area contributed by atoms with Crippen LogP contribution >= 0.6 is 23.2 Å². The number of benzene rings is 2. The number of halogens is 2. The number of nitrogens with one attached hydrogen (secondary N) is 2. The van der Waals surface area contributed by atoms with Gasteiger partial charge in [-0.05, 0) is 43.2 Å². The first kappa shape index (κ1) is 18.2. The average Bonchev–Trinajstić information content (AvgIpc) is 3.29. The van der Waals surface area contributed by atoms with Crippen molar-refractivity contribution >= 4 is 45.7 Å². The zero-order valence-corrected chi connectivity index (χ0v) is 15.9. The van der Waals surface area contributed by atoms with Crippen LogP contribution < -0.4 is 10.1 Å². The fraction of sp³-hybridized carbons (Fsp3) is 0.250. The predicted octanol–water partition coefficient (Wildman–Crippen LogP) is 5.28. The molecule has 1 fully saturated rings. The van der Waals surface area contributed by atoms with Gasteiger partial charge in [0.2, 0.25) is 0 Å². The highest BCUT2D eigenvalue weighted by atomic mass is 35.5. The van der Waals surface area contributed by atoms with Crippen LogP contribution in [-0.4, -0.2) is 30.2 Å². The molecule has 1 saturated heterocycles. The fourth-order valence-corrected chi connectivity index (χ4v) is 3.57. The van der Waals surface area contributed by atoms with Gasteiger partial charge in [-0.3, -0.25) is 4.79 Å². The van der Waals surface area contributed by atoms with Crippen molar-refractivity contribution in [2.24, 2.45) is 0 Å². The molecule has 0 aliphatic carbocycles. The quantitative estimate of drug-likeness (QED) is 0.607. The number of hydrogen-bond donors (Lipinski definition) is 2.